The van der Waals surface area contributed by atoms with Crippen LogP contribution in [0.2, 0.25) is 0 Å². The zero-order valence-electron chi connectivity index (χ0n) is 9.96. The van der Waals surface area contributed by atoms with Gasteiger partial charge in [-0.25, -0.2) is 0 Å². The number of carboxylic acid groups (broad SMARTS) is 1. The third-order valence-electron chi connectivity index (χ3n) is 3.04. The van der Waals surface area contributed by atoms with Crippen molar-refractivity contribution in [3.05, 3.63) is 23.9 Å². The fourth-order valence-electron chi connectivity index (χ4n) is 1.99. The van der Waals surface area contributed by atoms with E-state index < -0.39 is 11.9 Å². The van der Waals surface area contributed by atoms with Gasteiger partial charge in [-0.05, 0) is 12.8 Å². The lowest BCUT2D eigenvalue weighted by Gasteiger charge is -2.21. The van der Waals surface area contributed by atoms with Gasteiger partial charge in [-0.3, -0.25) is 4.79 Å². The summed E-state index contributed by atoms with van der Waals surface area (Å²) in [5, 5.41) is 13.0. The molecule has 5 nitrogen and oxygen atoms in total. The third kappa shape index (κ3) is 2.38. The summed E-state index contributed by atoms with van der Waals surface area (Å²) in [7, 11) is 0. The molecule has 0 saturated carbocycles. The van der Waals surface area contributed by atoms with E-state index in [0.717, 1.165) is 0 Å². The van der Waals surface area contributed by atoms with Crippen LogP contribution in [0.5, 0.6) is 0 Å². The molecule has 2 atom stereocenters. The molecule has 17 heavy (non-hydrogen) atoms. The average Bonchev–Trinajstić information content (AvgIpc) is 2.78. The Hall–Kier alpha value is -1.65. The Labute approximate surface area is 99.5 Å². The summed E-state index contributed by atoms with van der Waals surface area (Å²) < 4.78 is 5.19. The Balaban J connectivity index is 2.24. The first-order chi connectivity index (χ1) is 8.09. The summed E-state index contributed by atoms with van der Waals surface area (Å²) >= 11 is 0. The topological polar surface area (TPSA) is 76.2 Å². The lowest BCUT2D eigenvalue weighted by atomic mass is 9.83. The number of allylic oxidation sites excluding steroid dienone is 2. The van der Waals surface area contributed by atoms with E-state index in [2.05, 4.69) is 10.1 Å². The SMILES string of the molecule is CC(C)c1noc([C@@H]2CC=CC[C@@H]2C(=O)O)n1. The van der Waals surface area contributed by atoms with Crippen molar-refractivity contribution in [2.75, 3.05) is 0 Å². The second-order valence-corrected chi connectivity index (χ2v) is 4.64. The van der Waals surface area contributed by atoms with Crippen molar-refractivity contribution in [3.63, 3.8) is 0 Å². The molecule has 0 saturated heterocycles. The summed E-state index contributed by atoms with van der Waals surface area (Å²) in [5.74, 6) is -0.180. The molecule has 0 fully saturated rings. The van der Waals surface area contributed by atoms with Gasteiger partial charge in [-0.15, -0.1) is 0 Å². The normalized spacial score (nSPS) is 24.2. The smallest absolute Gasteiger partial charge is 0.307 e. The Morgan fingerprint density at radius 3 is 2.76 bits per heavy atom. The van der Waals surface area contributed by atoms with E-state index in [0.29, 0.717) is 24.6 Å². The molecular weight excluding hydrogens is 220 g/mol. The predicted octanol–water partition coefficient (Wildman–Crippen LogP) is 2.33. The zero-order valence-corrected chi connectivity index (χ0v) is 9.96. The maximum absolute atomic E-state index is 11.2. The van der Waals surface area contributed by atoms with Gasteiger partial charge in [0.15, 0.2) is 5.82 Å². The summed E-state index contributed by atoms with van der Waals surface area (Å²) in [5.41, 5.74) is 0. The van der Waals surface area contributed by atoms with Gasteiger partial charge in [0.05, 0.1) is 11.8 Å². The summed E-state index contributed by atoms with van der Waals surface area (Å²) in [4.78, 5) is 15.4. The first kappa shape index (κ1) is 11.8. The van der Waals surface area contributed by atoms with Gasteiger partial charge in [0.25, 0.3) is 0 Å². The average molecular weight is 236 g/mol. The molecule has 0 aliphatic heterocycles. The summed E-state index contributed by atoms with van der Waals surface area (Å²) in [6.07, 6.45) is 5.05. The van der Waals surface area contributed by atoms with Crippen molar-refractivity contribution in [3.8, 4) is 0 Å². The molecule has 0 spiro atoms. The van der Waals surface area contributed by atoms with Gasteiger partial charge in [-0.2, -0.15) is 4.98 Å². The van der Waals surface area contributed by atoms with Crippen LogP contribution < -0.4 is 0 Å². The number of aromatic nitrogens is 2. The number of nitrogens with zero attached hydrogens (tertiary/aromatic N) is 2. The van der Waals surface area contributed by atoms with Gasteiger partial charge >= 0.3 is 5.97 Å². The number of hydrogen-bond donors (Lipinski definition) is 1. The van der Waals surface area contributed by atoms with E-state index in [4.69, 9.17) is 9.63 Å². The molecule has 92 valence electrons. The third-order valence-corrected chi connectivity index (χ3v) is 3.04. The van der Waals surface area contributed by atoms with Crippen LogP contribution in [0.15, 0.2) is 16.7 Å². The second-order valence-electron chi connectivity index (χ2n) is 4.64. The Bertz CT molecular complexity index is 437. The van der Waals surface area contributed by atoms with Crippen molar-refractivity contribution in [2.24, 2.45) is 5.92 Å². The highest BCUT2D eigenvalue weighted by Gasteiger charge is 2.33. The first-order valence-electron chi connectivity index (χ1n) is 5.81. The van der Waals surface area contributed by atoms with E-state index in [1.807, 2.05) is 26.0 Å². The molecule has 1 N–H and O–H groups in total. The lowest BCUT2D eigenvalue weighted by Crippen LogP contribution is -2.23. The van der Waals surface area contributed by atoms with Gasteiger partial charge in [0.1, 0.15) is 0 Å². The van der Waals surface area contributed by atoms with Gasteiger partial charge < -0.3 is 9.63 Å². The highest BCUT2D eigenvalue weighted by atomic mass is 16.5. The summed E-state index contributed by atoms with van der Waals surface area (Å²) in [6.45, 7) is 3.95. The van der Waals surface area contributed by atoms with Crippen molar-refractivity contribution >= 4 is 5.97 Å². The maximum atomic E-state index is 11.2. The molecule has 2 rings (SSSR count). The van der Waals surface area contributed by atoms with E-state index in [1.54, 1.807) is 0 Å². The number of carboxylic acids is 1. The monoisotopic (exact) mass is 236 g/mol. The van der Waals surface area contributed by atoms with Crippen molar-refractivity contribution in [1.82, 2.24) is 10.1 Å². The Morgan fingerprint density at radius 2 is 2.18 bits per heavy atom. The second kappa shape index (κ2) is 4.69. The van der Waals surface area contributed by atoms with Crippen LogP contribution in [0.1, 0.15) is 50.2 Å². The highest BCUT2D eigenvalue weighted by molar-refractivity contribution is 5.71. The van der Waals surface area contributed by atoms with E-state index in [9.17, 15) is 4.79 Å². The molecule has 1 aromatic heterocycles. The first-order valence-corrected chi connectivity index (χ1v) is 5.81. The zero-order chi connectivity index (χ0) is 12.4. The van der Waals surface area contributed by atoms with Crippen LogP contribution in [-0.2, 0) is 4.79 Å². The molecule has 1 heterocycles. The molecule has 1 aromatic rings. The number of hydrogen-bond acceptors (Lipinski definition) is 4. The number of aliphatic carboxylic acids is 1. The Morgan fingerprint density at radius 1 is 1.47 bits per heavy atom. The molecule has 0 amide bonds. The molecule has 0 bridgehead atoms. The van der Waals surface area contributed by atoms with E-state index >= 15 is 0 Å². The van der Waals surface area contributed by atoms with Crippen LogP contribution in [0.3, 0.4) is 0 Å². The van der Waals surface area contributed by atoms with Crippen molar-refractivity contribution in [1.29, 1.82) is 0 Å². The molecule has 0 unspecified atom stereocenters. The van der Waals surface area contributed by atoms with Crippen molar-refractivity contribution in [2.45, 2.75) is 38.5 Å². The minimum atomic E-state index is -0.802. The molecule has 5 heteroatoms. The fourth-order valence-corrected chi connectivity index (χ4v) is 1.99. The van der Waals surface area contributed by atoms with Gasteiger partial charge in [0.2, 0.25) is 5.89 Å². The molecule has 1 aliphatic rings. The van der Waals surface area contributed by atoms with E-state index in [-0.39, 0.29) is 11.8 Å². The minimum absolute atomic E-state index is 0.190. The van der Waals surface area contributed by atoms with Crippen LogP contribution in [0.25, 0.3) is 0 Å². The quantitative estimate of drug-likeness (QED) is 0.815. The fraction of sp³-hybridized carbons (Fsp3) is 0.583. The largest absolute Gasteiger partial charge is 0.481 e. The van der Waals surface area contributed by atoms with Gasteiger partial charge in [-0.1, -0.05) is 31.2 Å². The number of rotatable bonds is 3. The summed E-state index contributed by atoms with van der Waals surface area (Å²) in [6, 6.07) is 0. The minimum Gasteiger partial charge on any atom is -0.481 e. The van der Waals surface area contributed by atoms with Crippen molar-refractivity contribution < 1.29 is 14.4 Å². The predicted molar refractivity (Wildman–Crippen MR) is 60.6 cm³/mol. The lowest BCUT2D eigenvalue weighted by molar-refractivity contribution is -0.142. The van der Waals surface area contributed by atoms with Crippen LogP contribution in [0, 0.1) is 5.92 Å². The molecular formula is C12H16N2O3. The number of carbonyl (C=O) groups is 1. The molecule has 0 aromatic carbocycles. The maximum Gasteiger partial charge on any atom is 0.307 e. The van der Waals surface area contributed by atoms with Gasteiger partial charge in [0, 0.05) is 5.92 Å². The molecule has 1 aliphatic carbocycles. The van der Waals surface area contributed by atoms with Crippen LogP contribution >= 0.6 is 0 Å². The van der Waals surface area contributed by atoms with Crippen LogP contribution in [0.4, 0.5) is 0 Å². The van der Waals surface area contributed by atoms with Crippen LogP contribution in [-0.4, -0.2) is 21.2 Å². The standard InChI is InChI=1S/C12H16N2O3/c1-7(2)10-13-11(17-14-10)8-5-3-4-6-9(8)12(15)16/h3-4,7-9H,5-6H2,1-2H3,(H,15,16)/t8-,9+/m1/s1. The Kier molecular flexibility index (Phi) is 3.26. The van der Waals surface area contributed by atoms with E-state index in [1.165, 1.54) is 0 Å². The highest BCUT2D eigenvalue weighted by Crippen LogP contribution is 2.34. The molecule has 0 radical (unpaired) electrons.